The summed E-state index contributed by atoms with van der Waals surface area (Å²) in [4.78, 5) is 1.36. The van der Waals surface area contributed by atoms with Crippen LogP contribution >= 0.6 is 11.3 Å². The van der Waals surface area contributed by atoms with E-state index in [1.807, 2.05) is 0 Å². The molecule has 1 aliphatic heterocycles. The summed E-state index contributed by atoms with van der Waals surface area (Å²) in [5, 5.41) is 5.71. The Morgan fingerprint density at radius 1 is 1.64 bits per heavy atom. The molecule has 0 aromatic carbocycles. The van der Waals surface area contributed by atoms with Gasteiger partial charge >= 0.3 is 0 Å². The lowest BCUT2D eigenvalue weighted by atomic mass is 10.1. The molecule has 0 saturated carbocycles. The van der Waals surface area contributed by atoms with Crippen LogP contribution in [0.3, 0.4) is 0 Å². The van der Waals surface area contributed by atoms with Crippen molar-refractivity contribution in [1.29, 1.82) is 0 Å². The van der Waals surface area contributed by atoms with E-state index in [0.29, 0.717) is 6.04 Å². The predicted octanol–water partition coefficient (Wildman–Crippen LogP) is 2.50. The smallest absolute Gasteiger partial charge is 0.0958 e. The van der Waals surface area contributed by atoms with Crippen LogP contribution in [-0.4, -0.2) is 19.2 Å². The second kappa shape index (κ2) is 4.43. The van der Waals surface area contributed by atoms with Crippen LogP contribution < -0.4 is 5.32 Å². The van der Waals surface area contributed by atoms with Crippen LogP contribution in [0.25, 0.3) is 0 Å². The second-order valence-electron chi connectivity index (χ2n) is 3.83. The first-order chi connectivity index (χ1) is 6.79. The lowest BCUT2D eigenvalue weighted by Gasteiger charge is -2.29. The molecule has 1 saturated heterocycles. The van der Waals surface area contributed by atoms with Crippen molar-refractivity contribution < 1.29 is 4.74 Å². The van der Waals surface area contributed by atoms with E-state index in [2.05, 4.69) is 30.6 Å². The van der Waals surface area contributed by atoms with Gasteiger partial charge in [-0.25, -0.2) is 0 Å². The summed E-state index contributed by atoms with van der Waals surface area (Å²) >= 11 is 1.80. The van der Waals surface area contributed by atoms with Gasteiger partial charge in [-0.1, -0.05) is 6.92 Å². The third-order valence-corrected chi connectivity index (χ3v) is 3.59. The monoisotopic (exact) mass is 211 g/mol. The Morgan fingerprint density at radius 2 is 2.50 bits per heavy atom. The number of nitrogens with one attached hydrogen (secondary N) is 1. The Balaban J connectivity index is 1.95. The molecule has 0 amide bonds. The number of thiophene rings is 1. The molecular formula is C11H17NOS. The zero-order valence-electron chi connectivity index (χ0n) is 8.75. The minimum Gasteiger partial charge on any atom is -0.371 e. The van der Waals surface area contributed by atoms with Crippen LogP contribution in [0, 0.1) is 6.92 Å². The van der Waals surface area contributed by atoms with Crippen molar-refractivity contribution in [2.75, 3.05) is 13.2 Å². The summed E-state index contributed by atoms with van der Waals surface area (Å²) in [7, 11) is 0. The number of rotatable bonds is 2. The lowest BCUT2D eigenvalue weighted by molar-refractivity contribution is 0.00244. The molecule has 14 heavy (non-hydrogen) atoms. The van der Waals surface area contributed by atoms with Gasteiger partial charge in [0.1, 0.15) is 0 Å². The average Bonchev–Trinajstić information content (AvgIpc) is 2.65. The summed E-state index contributed by atoms with van der Waals surface area (Å²) in [6.07, 6.45) is 1.41. The van der Waals surface area contributed by atoms with E-state index >= 15 is 0 Å². The minimum absolute atomic E-state index is 0.266. The SMILES string of the molecule is CCC1COC(c2csc(C)c2)CN1. The fraction of sp³-hybridized carbons (Fsp3) is 0.636. The molecule has 1 aromatic rings. The predicted molar refractivity (Wildman–Crippen MR) is 59.8 cm³/mol. The van der Waals surface area contributed by atoms with E-state index in [4.69, 9.17) is 4.74 Å². The lowest BCUT2D eigenvalue weighted by Crippen LogP contribution is -2.42. The van der Waals surface area contributed by atoms with Crippen molar-refractivity contribution in [1.82, 2.24) is 5.32 Å². The Kier molecular flexibility index (Phi) is 3.21. The van der Waals surface area contributed by atoms with Crippen molar-refractivity contribution in [3.8, 4) is 0 Å². The van der Waals surface area contributed by atoms with E-state index in [-0.39, 0.29) is 6.10 Å². The van der Waals surface area contributed by atoms with Crippen LogP contribution in [0.5, 0.6) is 0 Å². The van der Waals surface area contributed by atoms with Gasteiger partial charge in [0.05, 0.1) is 12.7 Å². The van der Waals surface area contributed by atoms with Crippen LogP contribution in [-0.2, 0) is 4.74 Å². The highest BCUT2D eigenvalue weighted by Crippen LogP contribution is 2.25. The molecule has 2 heterocycles. The third kappa shape index (κ3) is 2.16. The minimum atomic E-state index is 0.266. The van der Waals surface area contributed by atoms with Crippen LogP contribution in [0.2, 0.25) is 0 Å². The fourth-order valence-electron chi connectivity index (χ4n) is 1.73. The molecule has 1 N–H and O–H groups in total. The molecule has 2 rings (SSSR count). The molecule has 0 bridgehead atoms. The molecule has 1 aromatic heterocycles. The van der Waals surface area contributed by atoms with Gasteiger partial charge in [0.2, 0.25) is 0 Å². The Bertz CT molecular complexity index is 289. The summed E-state index contributed by atoms with van der Waals surface area (Å²) in [5.74, 6) is 0. The first-order valence-electron chi connectivity index (χ1n) is 5.19. The summed E-state index contributed by atoms with van der Waals surface area (Å²) in [6.45, 7) is 6.13. The molecule has 2 nitrogen and oxygen atoms in total. The first-order valence-corrected chi connectivity index (χ1v) is 6.07. The highest BCUT2D eigenvalue weighted by Gasteiger charge is 2.21. The van der Waals surface area contributed by atoms with Crippen LogP contribution in [0.15, 0.2) is 11.4 Å². The summed E-state index contributed by atoms with van der Waals surface area (Å²) < 4.78 is 5.82. The molecule has 3 heteroatoms. The maximum absolute atomic E-state index is 5.82. The van der Waals surface area contributed by atoms with Gasteiger partial charge in [0.15, 0.2) is 0 Å². The standard InChI is InChI=1S/C11H17NOS/c1-3-10-6-13-11(5-12-10)9-4-8(2)14-7-9/h4,7,10-12H,3,5-6H2,1-2H3. The maximum atomic E-state index is 5.82. The van der Waals surface area contributed by atoms with Gasteiger partial charge < -0.3 is 10.1 Å². The van der Waals surface area contributed by atoms with Crippen molar-refractivity contribution in [2.24, 2.45) is 0 Å². The molecule has 0 aliphatic carbocycles. The quantitative estimate of drug-likeness (QED) is 0.811. The van der Waals surface area contributed by atoms with Crippen molar-refractivity contribution in [2.45, 2.75) is 32.4 Å². The van der Waals surface area contributed by atoms with Gasteiger partial charge in [-0.05, 0) is 30.4 Å². The van der Waals surface area contributed by atoms with E-state index in [0.717, 1.165) is 19.6 Å². The fourth-order valence-corrected chi connectivity index (χ4v) is 2.48. The molecule has 1 fully saturated rings. The third-order valence-electron chi connectivity index (χ3n) is 2.71. The normalized spacial score (nSPS) is 27.9. The molecule has 1 aliphatic rings. The van der Waals surface area contributed by atoms with Gasteiger partial charge in [0, 0.05) is 17.5 Å². The van der Waals surface area contributed by atoms with E-state index in [9.17, 15) is 0 Å². The molecular weight excluding hydrogens is 194 g/mol. The highest BCUT2D eigenvalue weighted by atomic mass is 32.1. The average molecular weight is 211 g/mol. The maximum Gasteiger partial charge on any atom is 0.0958 e. The Hall–Kier alpha value is -0.380. The molecule has 0 radical (unpaired) electrons. The molecule has 0 spiro atoms. The number of ether oxygens (including phenoxy) is 1. The van der Waals surface area contributed by atoms with Crippen molar-refractivity contribution >= 4 is 11.3 Å². The molecule has 2 unspecified atom stereocenters. The Labute approximate surface area is 89.3 Å². The van der Waals surface area contributed by atoms with E-state index in [1.165, 1.54) is 10.4 Å². The van der Waals surface area contributed by atoms with E-state index in [1.54, 1.807) is 11.3 Å². The van der Waals surface area contributed by atoms with Crippen molar-refractivity contribution in [3.05, 3.63) is 21.9 Å². The van der Waals surface area contributed by atoms with Gasteiger partial charge in [-0.15, -0.1) is 11.3 Å². The number of hydrogen-bond acceptors (Lipinski definition) is 3. The highest BCUT2D eigenvalue weighted by molar-refractivity contribution is 7.10. The second-order valence-corrected chi connectivity index (χ2v) is 4.94. The first kappa shape index (κ1) is 10.1. The molecule has 2 atom stereocenters. The zero-order valence-corrected chi connectivity index (χ0v) is 9.56. The largest absolute Gasteiger partial charge is 0.371 e. The summed E-state index contributed by atoms with van der Waals surface area (Å²) in [5.41, 5.74) is 1.33. The number of hydrogen-bond donors (Lipinski definition) is 1. The Morgan fingerprint density at radius 3 is 3.00 bits per heavy atom. The van der Waals surface area contributed by atoms with Crippen LogP contribution in [0.4, 0.5) is 0 Å². The van der Waals surface area contributed by atoms with E-state index < -0.39 is 0 Å². The van der Waals surface area contributed by atoms with Gasteiger partial charge in [0.25, 0.3) is 0 Å². The van der Waals surface area contributed by atoms with Crippen LogP contribution in [0.1, 0.15) is 29.9 Å². The zero-order chi connectivity index (χ0) is 9.97. The number of morpholine rings is 1. The van der Waals surface area contributed by atoms with Gasteiger partial charge in [-0.2, -0.15) is 0 Å². The van der Waals surface area contributed by atoms with Gasteiger partial charge in [-0.3, -0.25) is 0 Å². The molecule has 78 valence electrons. The summed E-state index contributed by atoms with van der Waals surface area (Å²) in [6, 6.07) is 2.77. The topological polar surface area (TPSA) is 21.3 Å². The van der Waals surface area contributed by atoms with Crippen molar-refractivity contribution in [3.63, 3.8) is 0 Å². The number of aryl methyl sites for hydroxylation is 1.